The van der Waals surface area contributed by atoms with E-state index in [1.165, 1.54) is 11.8 Å². The molecule has 110 valence electrons. The van der Waals surface area contributed by atoms with Crippen LogP contribution in [-0.2, 0) is 10.0 Å². The summed E-state index contributed by atoms with van der Waals surface area (Å²) in [6.45, 7) is 1.21. The average Bonchev–Trinajstić information content (AvgIpc) is 3.02. The first-order chi connectivity index (χ1) is 9.54. The highest BCUT2D eigenvalue weighted by Crippen LogP contribution is 2.40. The molecule has 0 spiro atoms. The van der Waals surface area contributed by atoms with Crippen LogP contribution in [0.3, 0.4) is 0 Å². The summed E-state index contributed by atoms with van der Waals surface area (Å²) in [5, 5.41) is 0. The minimum Gasteiger partial charge on any atom is -0.327 e. The highest BCUT2D eigenvalue weighted by Gasteiger charge is 2.45. The Morgan fingerprint density at radius 3 is 2.70 bits per heavy atom. The molecule has 1 aliphatic carbocycles. The third-order valence-electron chi connectivity index (χ3n) is 4.57. The first-order valence-corrected chi connectivity index (χ1v) is 9.59. The number of hydrogen-bond donors (Lipinski definition) is 1. The van der Waals surface area contributed by atoms with Crippen molar-refractivity contribution in [3.8, 4) is 0 Å². The fourth-order valence-corrected chi connectivity index (χ4v) is 6.09. The van der Waals surface area contributed by atoms with Gasteiger partial charge in [-0.2, -0.15) is 4.31 Å². The van der Waals surface area contributed by atoms with Crippen LogP contribution in [0.2, 0.25) is 0 Å². The zero-order chi connectivity index (χ0) is 14.3. The van der Waals surface area contributed by atoms with Crippen molar-refractivity contribution in [2.75, 3.05) is 19.3 Å². The maximum absolute atomic E-state index is 12.8. The van der Waals surface area contributed by atoms with Crippen LogP contribution in [0.4, 0.5) is 0 Å². The fourth-order valence-electron chi connectivity index (χ4n) is 3.43. The molecule has 3 unspecified atom stereocenters. The van der Waals surface area contributed by atoms with Gasteiger partial charge in [0, 0.05) is 24.0 Å². The van der Waals surface area contributed by atoms with Crippen LogP contribution >= 0.6 is 11.8 Å². The van der Waals surface area contributed by atoms with Gasteiger partial charge in [0.1, 0.15) is 0 Å². The van der Waals surface area contributed by atoms with Gasteiger partial charge < -0.3 is 5.73 Å². The van der Waals surface area contributed by atoms with Crippen molar-refractivity contribution in [1.82, 2.24) is 4.31 Å². The Balaban J connectivity index is 1.90. The molecule has 1 aromatic carbocycles. The predicted molar refractivity (Wildman–Crippen MR) is 81.2 cm³/mol. The Kier molecular flexibility index (Phi) is 3.83. The van der Waals surface area contributed by atoms with E-state index < -0.39 is 10.0 Å². The smallest absolute Gasteiger partial charge is 0.244 e. The standard InChI is InChI=1S/C14H20N2O2S2/c1-19-13-4-2-3-5-14(13)20(17,18)16-8-10-6-7-12(15)11(10)9-16/h2-5,10-12H,6-9,15H2,1H3. The summed E-state index contributed by atoms with van der Waals surface area (Å²) in [7, 11) is -3.39. The van der Waals surface area contributed by atoms with Crippen molar-refractivity contribution in [1.29, 1.82) is 0 Å². The molecule has 1 aromatic rings. The first-order valence-electron chi connectivity index (χ1n) is 6.93. The number of benzene rings is 1. The normalized spacial score (nSPS) is 30.6. The van der Waals surface area contributed by atoms with E-state index in [9.17, 15) is 8.42 Å². The summed E-state index contributed by atoms with van der Waals surface area (Å²) in [6.07, 6.45) is 4.00. The minimum atomic E-state index is -3.39. The molecule has 1 saturated heterocycles. The monoisotopic (exact) mass is 312 g/mol. The molecule has 0 bridgehead atoms. The molecule has 1 heterocycles. The van der Waals surface area contributed by atoms with Crippen LogP contribution in [0.1, 0.15) is 12.8 Å². The SMILES string of the molecule is CSc1ccccc1S(=O)(=O)N1CC2CCC(N)C2C1. The van der Waals surface area contributed by atoms with E-state index in [1.54, 1.807) is 16.4 Å². The molecule has 2 aliphatic rings. The maximum atomic E-state index is 12.8. The van der Waals surface area contributed by atoms with Gasteiger partial charge in [0.2, 0.25) is 10.0 Å². The fraction of sp³-hybridized carbons (Fsp3) is 0.571. The van der Waals surface area contributed by atoms with Crippen LogP contribution < -0.4 is 5.73 Å². The van der Waals surface area contributed by atoms with Crippen molar-refractivity contribution in [2.45, 2.75) is 28.7 Å². The van der Waals surface area contributed by atoms with Crippen molar-refractivity contribution in [2.24, 2.45) is 17.6 Å². The molecule has 3 atom stereocenters. The van der Waals surface area contributed by atoms with E-state index in [0.717, 1.165) is 17.7 Å². The van der Waals surface area contributed by atoms with Gasteiger partial charge >= 0.3 is 0 Å². The van der Waals surface area contributed by atoms with E-state index in [-0.39, 0.29) is 6.04 Å². The lowest BCUT2D eigenvalue weighted by molar-refractivity contribution is 0.426. The lowest BCUT2D eigenvalue weighted by atomic mass is 9.98. The molecule has 0 aromatic heterocycles. The summed E-state index contributed by atoms with van der Waals surface area (Å²) in [5.74, 6) is 0.785. The zero-order valence-electron chi connectivity index (χ0n) is 11.5. The lowest BCUT2D eigenvalue weighted by Gasteiger charge is -2.20. The Morgan fingerprint density at radius 1 is 1.25 bits per heavy atom. The third-order valence-corrected chi connectivity index (χ3v) is 7.38. The number of nitrogens with zero attached hydrogens (tertiary/aromatic N) is 1. The van der Waals surface area contributed by atoms with Gasteiger partial charge in [0.05, 0.1) is 4.90 Å². The minimum absolute atomic E-state index is 0.163. The summed E-state index contributed by atoms with van der Waals surface area (Å²) >= 11 is 1.47. The molecule has 3 rings (SSSR count). The van der Waals surface area contributed by atoms with Crippen molar-refractivity contribution < 1.29 is 8.42 Å². The largest absolute Gasteiger partial charge is 0.327 e. The number of rotatable bonds is 3. The molecule has 4 nitrogen and oxygen atoms in total. The second-order valence-electron chi connectivity index (χ2n) is 5.64. The molecule has 2 N–H and O–H groups in total. The second-order valence-corrected chi connectivity index (χ2v) is 8.39. The van der Waals surface area contributed by atoms with Gasteiger partial charge in [0.25, 0.3) is 0 Å². The van der Waals surface area contributed by atoms with Gasteiger partial charge in [-0.05, 0) is 43.1 Å². The van der Waals surface area contributed by atoms with Gasteiger partial charge in [-0.3, -0.25) is 0 Å². The Hall–Kier alpha value is -0.560. The van der Waals surface area contributed by atoms with E-state index in [2.05, 4.69) is 0 Å². The molecule has 1 saturated carbocycles. The van der Waals surface area contributed by atoms with Crippen LogP contribution in [0.25, 0.3) is 0 Å². The molecular weight excluding hydrogens is 292 g/mol. The number of fused-ring (bicyclic) bond motifs is 1. The van der Waals surface area contributed by atoms with E-state index >= 15 is 0 Å². The second kappa shape index (κ2) is 5.33. The Labute approximate surface area is 124 Å². The average molecular weight is 312 g/mol. The highest BCUT2D eigenvalue weighted by molar-refractivity contribution is 7.99. The van der Waals surface area contributed by atoms with Gasteiger partial charge in [-0.15, -0.1) is 11.8 Å². The molecule has 0 radical (unpaired) electrons. The van der Waals surface area contributed by atoms with Crippen LogP contribution in [0.5, 0.6) is 0 Å². The Morgan fingerprint density at radius 2 is 2.00 bits per heavy atom. The number of hydrogen-bond acceptors (Lipinski definition) is 4. The van der Waals surface area contributed by atoms with Gasteiger partial charge in [-0.25, -0.2) is 8.42 Å². The van der Waals surface area contributed by atoms with Crippen molar-refractivity contribution in [3.05, 3.63) is 24.3 Å². The molecule has 0 amide bonds. The maximum Gasteiger partial charge on any atom is 0.244 e. The molecule has 6 heteroatoms. The van der Waals surface area contributed by atoms with Gasteiger partial charge in [-0.1, -0.05) is 12.1 Å². The topological polar surface area (TPSA) is 63.4 Å². The molecule has 1 aliphatic heterocycles. The molecular formula is C14H20N2O2S2. The number of nitrogens with two attached hydrogens (primary N) is 1. The van der Waals surface area contributed by atoms with Crippen molar-refractivity contribution >= 4 is 21.8 Å². The van der Waals surface area contributed by atoms with E-state index in [0.29, 0.717) is 29.8 Å². The highest BCUT2D eigenvalue weighted by atomic mass is 32.2. The summed E-state index contributed by atoms with van der Waals surface area (Å²) in [6, 6.07) is 7.39. The quantitative estimate of drug-likeness (QED) is 0.864. The van der Waals surface area contributed by atoms with Crippen LogP contribution in [-0.4, -0.2) is 38.1 Å². The number of thioether (sulfide) groups is 1. The summed E-state index contributed by atoms with van der Waals surface area (Å²) in [5.41, 5.74) is 6.09. The van der Waals surface area contributed by atoms with E-state index in [4.69, 9.17) is 5.73 Å². The first kappa shape index (κ1) is 14.4. The van der Waals surface area contributed by atoms with Crippen LogP contribution in [0.15, 0.2) is 34.1 Å². The zero-order valence-corrected chi connectivity index (χ0v) is 13.2. The number of sulfonamides is 1. The predicted octanol–water partition coefficient (Wildman–Crippen LogP) is 1.77. The van der Waals surface area contributed by atoms with Crippen LogP contribution in [0, 0.1) is 11.8 Å². The third kappa shape index (κ3) is 2.28. The molecule has 20 heavy (non-hydrogen) atoms. The summed E-state index contributed by atoms with van der Waals surface area (Å²) < 4.78 is 27.3. The lowest BCUT2D eigenvalue weighted by Crippen LogP contribution is -2.33. The van der Waals surface area contributed by atoms with Gasteiger partial charge in [0.15, 0.2) is 0 Å². The van der Waals surface area contributed by atoms with Crippen molar-refractivity contribution in [3.63, 3.8) is 0 Å². The Bertz CT molecular complexity index is 603. The molecule has 2 fully saturated rings. The summed E-state index contributed by atoms with van der Waals surface area (Å²) in [4.78, 5) is 1.25. The van der Waals surface area contributed by atoms with E-state index in [1.807, 2.05) is 18.4 Å².